The number of amides is 1. The van der Waals surface area contributed by atoms with Crippen molar-refractivity contribution in [1.82, 2.24) is 13.5 Å². The lowest BCUT2D eigenvalue weighted by Crippen LogP contribution is -2.47. The minimum Gasteiger partial charge on any atom is -0.490 e. The smallest absolute Gasteiger partial charge is 0.281 e. The number of nitrogens with one attached hydrogen (secondary N) is 1. The van der Waals surface area contributed by atoms with Gasteiger partial charge in [-0.15, -0.1) is 0 Å². The number of carbonyl (C=O) groups excluding carboxylic acids is 1. The molecule has 3 rings (SSSR count). The number of hydrogen-bond donors (Lipinski definition) is 1. The maximum absolute atomic E-state index is 12.7. The van der Waals surface area contributed by atoms with Gasteiger partial charge in [0.25, 0.3) is 10.2 Å². The largest absolute Gasteiger partial charge is 0.490 e. The second-order valence-corrected chi connectivity index (χ2v) is 10.3. The molecule has 1 N–H and O–H groups in total. The third-order valence-electron chi connectivity index (χ3n) is 5.63. The van der Waals surface area contributed by atoms with Crippen molar-refractivity contribution in [3.8, 4) is 5.75 Å². The quantitative estimate of drug-likeness (QED) is 0.750. The molecule has 0 unspecified atom stereocenters. The van der Waals surface area contributed by atoms with Gasteiger partial charge in [-0.3, -0.25) is 4.79 Å². The minimum atomic E-state index is -3.50. The van der Waals surface area contributed by atoms with Crippen molar-refractivity contribution >= 4 is 21.8 Å². The van der Waals surface area contributed by atoms with E-state index in [4.69, 9.17) is 4.74 Å². The number of benzene rings is 1. The number of ether oxygens (including phenoxy) is 1. The standard InChI is InChI=1S/C20H32N4O4S/c1-22(2)29(26,27)24-12-4-5-16(15-24)20(25)21-17-6-8-18(9-7-17)28-19-10-13-23(3)14-11-19/h6-9,16,19H,4-5,10-15H2,1-3H3,(H,21,25)/t16-/m0/s1. The molecule has 0 radical (unpaired) electrons. The van der Waals surface area contributed by atoms with Crippen molar-refractivity contribution in [3.63, 3.8) is 0 Å². The highest BCUT2D eigenvalue weighted by Crippen LogP contribution is 2.24. The number of rotatable bonds is 6. The van der Waals surface area contributed by atoms with Gasteiger partial charge < -0.3 is 15.0 Å². The van der Waals surface area contributed by atoms with Crippen LogP contribution in [0.25, 0.3) is 0 Å². The summed E-state index contributed by atoms with van der Waals surface area (Å²) in [5.74, 6) is 0.305. The first-order valence-corrected chi connectivity index (χ1v) is 11.6. The molecule has 29 heavy (non-hydrogen) atoms. The summed E-state index contributed by atoms with van der Waals surface area (Å²) in [5.41, 5.74) is 0.693. The number of likely N-dealkylation sites (tertiary alicyclic amines) is 1. The Balaban J connectivity index is 1.53. The zero-order valence-corrected chi connectivity index (χ0v) is 18.3. The Kier molecular flexibility index (Phi) is 7.15. The summed E-state index contributed by atoms with van der Waals surface area (Å²) in [7, 11) is 1.64. The lowest BCUT2D eigenvalue weighted by atomic mass is 9.99. The van der Waals surface area contributed by atoms with Crippen molar-refractivity contribution in [2.45, 2.75) is 31.8 Å². The van der Waals surface area contributed by atoms with Gasteiger partial charge in [0.15, 0.2) is 0 Å². The van der Waals surface area contributed by atoms with Crippen LogP contribution in [0.2, 0.25) is 0 Å². The molecule has 1 atom stereocenters. The van der Waals surface area contributed by atoms with Crippen LogP contribution in [0.1, 0.15) is 25.7 Å². The van der Waals surface area contributed by atoms with Crippen molar-refractivity contribution in [2.75, 3.05) is 52.6 Å². The van der Waals surface area contributed by atoms with Crippen LogP contribution in [0.4, 0.5) is 5.69 Å². The normalized spacial score (nSPS) is 22.6. The molecule has 0 aromatic heterocycles. The number of anilines is 1. The van der Waals surface area contributed by atoms with Crippen molar-refractivity contribution in [3.05, 3.63) is 24.3 Å². The van der Waals surface area contributed by atoms with E-state index < -0.39 is 10.2 Å². The molecule has 1 aromatic carbocycles. The second kappa shape index (κ2) is 9.42. The zero-order valence-electron chi connectivity index (χ0n) is 17.5. The van der Waals surface area contributed by atoms with E-state index >= 15 is 0 Å². The molecule has 2 fully saturated rings. The Labute approximate surface area is 174 Å². The molecule has 162 valence electrons. The van der Waals surface area contributed by atoms with E-state index in [1.54, 1.807) is 0 Å². The number of piperidine rings is 2. The number of nitrogens with zero attached hydrogens (tertiary/aromatic N) is 3. The van der Waals surface area contributed by atoms with Crippen LogP contribution in [-0.4, -0.2) is 81.3 Å². The van der Waals surface area contributed by atoms with E-state index in [9.17, 15) is 13.2 Å². The molecule has 2 heterocycles. The van der Waals surface area contributed by atoms with Gasteiger partial charge in [-0.05, 0) is 57.0 Å². The summed E-state index contributed by atoms with van der Waals surface area (Å²) in [4.78, 5) is 15.0. The van der Waals surface area contributed by atoms with Crippen LogP contribution in [0, 0.1) is 5.92 Å². The van der Waals surface area contributed by atoms with Crippen LogP contribution < -0.4 is 10.1 Å². The number of hydrogen-bond acceptors (Lipinski definition) is 5. The van der Waals surface area contributed by atoms with Gasteiger partial charge in [0, 0.05) is 46.0 Å². The van der Waals surface area contributed by atoms with Gasteiger partial charge in [0.1, 0.15) is 11.9 Å². The molecule has 0 spiro atoms. The molecule has 9 heteroatoms. The Hall–Kier alpha value is -1.68. The molecule has 1 aromatic rings. The maximum Gasteiger partial charge on any atom is 0.281 e. The van der Waals surface area contributed by atoms with E-state index in [-0.39, 0.29) is 24.5 Å². The summed E-state index contributed by atoms with van der Waals surface area (Å²) < 4.78 is 33.3. The second-order valence-electron chi connectivity index (χ2n) is 8.12. The van der Waals surface area contributed by atoms with Crippen molar-refractivity contribution in [1.29, 1.82) is 0 Å². The van der Waals surface area contributed by atoms with Crippen molar-refractivity contribution in [2.24, 2.45) is 5.92 Å². The predicted octanol–water partition coefficient (Wildman–Crippen LogP) is 1.62. The van der Waals surface area contributed by atoms with E-state index in [1.165, 1.54) is 22.7 Å². The zero-order chi connectivity index (χ0) is 21.0. The summed E-state index contributed by atoms with van der Waals surface area (Å²) in [6.07, 6.45) is 3.63. The molecule has 1 amide bonds. The highest BCUT2D eigenvalue weighted by atomic mass is 32.2. The fourth-order valence-electron chi connectivity index (χ4n) is 3.75. The van der Waals surface area contributed by atoms with Gasteiger partial charge in [-0.2, -0.15) is 17.0 Å². The Morgan fingerprint density at radius 3 is 2.38 bits per heavy atom. The Bertz CT molecular complexity index is 789. The molecule has 2 saturated heterocycles. The van der Waals surface area contributed by atoms with Crippen LogP contribution in [-0.2, 0) is 15.0 Å². The van der Waals surface area contributed by atoms with Crippen LogP contribution in [0.3, 0.4) is 0 Å². The van der Waals surface area contributed by atoms with Crippen LogP contribution >= 0.6 is 0 Å². The molecular weight excluding hydrogens is 392 g/mol. The van der Waals surface area contributed by atoms with Crippen LogP contribution in [0.5, 0.6) is 5.75 Å². The molecule has 0 bridgehead atoms. The SMILES string of the molecule is CN1CCC(Oc2ccc(NC(=O)[C@H]3CCCN(S(=O)(=O)N(C)C)C3)cc2)CC1. The topological polar surface area (TPSA) is 82.2 Å². The monoisotopic (exact) mass is 424 g/mol. The lowest BCUT2D eigenvalue weighted by molar-refractivity contribution is -0.120. The van der Waals surface area contributed by atoms with E-state index in [1.807, 2.05) is 24.3 Å². The lowest BCUT2D eigenvalue weighted by Gasteiger charge is -2.32. The fraction of sp³-hybridized carbons (Fsp3) is 0.650. The van der Waals surface area contributed by atoms with E-state index in [0.717, 1.165) is 31.7 Å². The first kappa shape index (κ1) is 22.0. The highest BCUT2D eigenvalue weighted by molar-refractivity contribution is 7.86. The van der Waals surface area contributed by atoms with Crippen molar-refractivity contribution < 1.29 is 17.9 Å². The van der Waals surface area contributed by atoms with Gasteiger partial charge in [-0.25, -0.2) is 0 Å². The Morgan fingerprint density at radius 1 is 1.10 bits per heavy atom. The molecule has 8 nitrogen and oxygen atoms in total. The van der Waals surface area contributed by atoms with Gasteiger partial charge >= 0.3 is 0 Å². The van der Waals surface area contributed by atoms with E-state index in [2.05, 4.69) is 17.3 Å². The summed E-state index contributed by atoms with van der Waals surface area (Å²) in [6.45, 7) is 2.75. The van der Waals surface area contributed by atoms with Gasteiger partial charge in [-0.1, -0.05) is 0 Å². The minimum absolute atomic E-state index is 0.146. The van der Waals surface area contributed by atoms with Gasteiger partial charge in [0.05, 0.1) is 5.92 Å². The van der Waals surface area contributed by atoms with Gasteiger partial charge in [0.2, 0.25) is 5.91 Å². The summed E-state index contributed by atoms with van der Waals surface area (Å²) in [6, 6.07) is 7.41. The first-order valence-electron chi connectivity index (χ1n) is 10.2. The highest BCUT2D eigenvalue weighted by Gasteiger charge is 2.33. The molecule has 0 aliphatic carbocycles. The molecular formula is C20H32N4O4S. The fourth-order valence-corrected chi connectivity index (χ4v) is 4.94. The Morgan fingerprint density at radius 2 is 1.76 bits per heavy atom. The maximum atomic E-state index is 12.7. The van der Waals surface area contributed by atoms with E-state index in [0.29, 0.717) is 25.1 Å². The molecule has 2 aliphatic heterocycles. The third kappa shape index (κ3) is 5.69. The molecule has 2 aliphatic rings. The van der Waals surface area contributed by atoms with Crippen LogP contribution in [0.15, 0.2) is 24.3 Å². The molecule has 0 saturated carbocycles. The average molecular weight is 425 g/mol. The summed E-state index contributed by atoms with van der Waals surface area (Å²) in [5, 5.41) is 2.91. The average Bonchev–Trinajstić information content (AvgIpc) is 2.71. The summed E-state index contributed by atoms with van der Waals surface area (Å²) >= 11 is 0. The first-order chi connectivity index (χ1) is 13.8. The number of carbonyl (C=O) groups is 1. The third-order valence-corrected chi connectivity index (χ3v) is 7.54. The predicted molar refractivity (Wildman–Crippen MR) is 113 cm³/mol.